The van der Waals surface area contributed by atoms with Gasteiger partial charge in [-0.3, -0.25) is 20.2 Å². The maximum absolute atomic E-state index is 6.42. The lowest BCUT2D eigenvalue weighted by atomic mass is 9.85. The van der Waals surface area contributed by atoms with E-state index in [1.807, 2.05) is 54.9 Å². The number of aromatic nitrogens is 12. The molecule has 0 saturated carbocycles. The number of fused-ring (bicyclic) bond motifs is 5. The number of benzene rings is 2. The number of thioether (sulfide) groups is 1. The topological polar surface area (TPSA) is 182 Å². The summed E-state index contributed by atoms with van der Waals surface area (Å²) in [5, 5.41) is 52.6. The minimum atomic E-state index is 0.147. The van der Waals surface area contributed by atoms with E-state index in [9.17, 15) is 0 Å². The zero-order valence-electron chi connectivity index (χ0n) is 32.8. The summed E-state index contributed by atoms with van der Waals surface area (Å²) in [6, 6.07) is 18.0. The highest BCUT2D eigenvalue weighted by Crippen LogP contribution is 2.53. The van der Waals surface area contributed by atoms with E-state index in [4.69, 9.17) is 20.0 Å². The number of aromatic amines is 4. The fourth-order valence-electron chi connectivity index (χ4n) is 11.1. The van der Waals surface area contributed by atoms with Crippen molar-refractivity contribution in [3.63, 3.8) is 0 Å². The fraction of sp³-hybridized carbons (Fsp3) is 0.364. The molecule has 13 rings (SSSR count). The smallest absolute Gasteiger partial charge is 0.247 e. The van der Waals surface area contributed by atoms with Crippen LogP contribution in [0.3, 0.4) is 0 Å². The maximum Gasteiger partial charge on any atom is 0.247 e. The summed E-state index contributed by atoms with van der Waals surface area (Å²) in [6.07, 6.45) is 22.6. The molecule has 2 aromatic carbocycles. The van der Waals surface area contributed by atoms with Gasteiger partial charge in [-0.05, 0) is 75.6 Å². The van der Waals surface area contributed by atoms with Crippen molar-refractivity contribution >= 4 is 33.6 Å². The van der Waals surface area contributed by atoms with Crippen LogP contribution in [-0.4, -0.2) is 103 Å². The first-order valence-electron chi connectivity index (χ1n) is 21.3. The maximum atomic E-state index is 6.42. The van der Waals surface area contributed by atoms with E-state index >= 15 is 0 Å². The Kier molecular flexibility index (Phi) is 8.01. The summed E-state index contributed by atoms with van der Waals surface area (Å²) < 4.78 is 8.49. The van der Waals surface area contributed by atoms with Crippen molar-refractivity contribution in [3.05, 3.63) is 79.6 Å². The molecule has 11 heterocycles. The Hall–Kier alpha value is -5.97. The van der Waals surface area contributed by atoms with Gasteiger partial charge in [-0.2, -0.15) is 20.4 Å². The second-order valence-electron chi connectivity index (χ2n) is 17.3. The van der Waals surface area contributed by atoms with Crippen LogP contribution in [0.2, 0.25) is 0 Å². The molecule has 15 nitrogen and oxygen atoms in total. The Bertz CT molecular complexity index is 2840. The van der Waals surface area contributed by atoms with Crippen LogP contribution in [0.15, 0.2) is 84.7 Å². The highest BCUT2D eigenvalue weighted by Gasteiger charge is 2.58. The number of nitrogens with one attached hydrogen (secondary N) is 5. The van der Waals surface area contributed by atoms with E-state index in [0.717, 1.165) is 108 Å². The third-order valence-corrected chi connectivity index (χ3v) is 14.9. The highest BCUT2D eigenvalue weighted by molar-refractivity contribution is 7.99. The Morgan fingerprint density at radius 1 is 0.700 bits per heavy atom. The van der Waals surface area contributed by atoms with Crippen LogP contribution in [-0.2, 0) is 0 Å². The van der Waals surface area contributed by atoms with Crippen LogP contribution in [0.25, 0.3) is 72.3 Å². The predicted molar refractivity (Wildman–Crippen MR) is 226 cm³/mol. The molecule has 2 bridgehead atoms. The zero-order chi connectivity index (χ0) is 39.3. The molecule has 7 unspecified atom stereocenters. The van der Waals surface area contributed by atoms with E-state index in [1.54, 1.807) is 0 Å². The molecule has 5 fully saturated rings. The van der Waals surface area contributed by atoms with E-state index in [2.05, 4.69) is 92.2 Å². The monoisotopic (exact) mass is 815 g/mol. The number of H-pyrrole nitrogens is 4. The van der Waals surface area contributed by atoms with E-state index < -0.39 is 0 Å². The van der Waals surface area contributed by atoms with Crippen LogP contribution < -0.4 is 14.7 Å². The van der Waals surface area contributed by atoms with Gasteiger partial charge in [0.15, 0.2) is 0 Å². The summed E-state index contributed by atoms with van der Waals surface area (Å²) >= 11 is 1.89. The van der Waals surface area contributed by atoms with Gasteiger partial charge in [0.05, 0.1) is 35.2 Å². The molecule has 5 aliphatic heterocycles. The highest BCUT2D eigenvalue weighted by atomic mass is 32.2. The van der Waals surface area contributed by atoms with Crippen LogP contribution in [0, 0.1) is 0 Å². The van der Waals surface area contributed by atoms with Gasteiger partial charge < -0.3 is 10.1 Å². The molecule has 60 heavy (non-hydrogen) atoms. The second kappa shape index (κ2) is 13.8. The number of nitrogens with zero attached hydrogens (tertiary/aromatic N) is 9. The van der Waals surface area contributed by atoms with Crippen molar-refractivity contribution in [2.24, 2.45) is 0 Å². The molecule has 0 spiro atoms. The summed E-state index contributed by atoms with van der Waals surface area (Å²) in [4.78, 5) is 2.75. The van der Waals surface area contributed by atoms with Crippen molar-refractivity contribution in [1.82, 2.24) is 66.3 Å². The largest absolute Gasteiger partial charge is 0.473 e. The predicted octanol–water partition coefficient (Wildman–Crippen LogP) is 6.54. The lowest BCUT2D eigenvalue weighted by Gasteiger charge is -2.39. The molecule has 5 saturated heterocycles. The molecule has 6 aromatic heterocycles. The van der Waals surface area contributed by atoms with Gasteiger partial charge in [-0.15, -0.1) is 32.2 Å². The van der Waals surface area contributed by atoms with Crippen molar-refractivity contribution in [3.8, 4) is 56.3 Å². The minimum absolute atomic E-state index is 0.147. The summed E-state index contributed by atoms with van der Waals surface area (Å²) in [6.45, 7) is 0. The van der Waals surface area contributed by atoms with Gasteiger partial charge in [0, 0.05) is 93.2 Å². The van der Waals surface area contributed by atoms with Gasteiger partial charge in [-0.1, -0.05) is 17.2 Å². The van der Waals surface area contributed by atoms with Crippen LogP contribution in [0.5, 0.6) is 5.88 Å². The summed E-state index contributed by atoms with van der Waals surface area (Å²) in [5.74, 6) is 0.562. The molecular formula is C44H43N14OS+. The number of hydrogen-bond acceptors (Lipinski definition) is 11. The van der Waals surface area contributed by atoms with Gasteiger partial charge in [0.1, 0.15) is 27.9 Å². The quantitative estimate of drug-likeness (QED) is 0.0789. The molecule has 300 valence electrons. The number of ether oxygens (including phenoxy) is 1. The fourth-order valence-corrected chi connectivity index (χ4v) is 12.2. The molecule has 7 atom stereocenters. The molecule has 0 radical (unpaired) electrons. The summed E-state index contributed by atoms with van der Waals surface area (Å²) in [5.41, 5.74) is 9.84. The first kappa shape index (κ1) is 34.8. The number of hydrogen-bond donors (Lipinski definition) is 5. The van der Waals surface area contributed by atoms with Gasteiger partial charge in [0.2, 0.25) is 17.8 Å². The molecule has 5 aliphatic rings. The molecule has 5 N–H and O–H groups in total. The molecule has 16 heteroatoms. The first-order chi connectivity index (χ1) is 29.7. The zero-order valence-corrected chi connectivity index (χ0v) is 33.6. The van der Waals surface area contributed by atoms with Crippen molar-refractivity contribution in [2.45, 2.75) is 104 Å². The Labute approximate surface area is 348 Å². The van der Waals surface area contributed by atoms with E-state index in [1.165, 1.54) is 44.9 Å². The van der Waals surface area contributed by atoms with Crippen molar-refractivity contribution < 1.29 is 9.42 Å². The molecule has 0 aliphatic carbocycles. The number of piperidine rings is 4. The van der Waals surface area contributed by atoms with E-state index in [-0.39, 0.29) is 6.10 Å². The lowest BCUT2D eigenvalue weighted by molar-refractivity contribution is -0.652. The van der Waals surface area contributed by atoms with Crippen LogP contribution in [0.1, 0.15) is 57.8 Å². The summed E-state index contributed by atoms with van der Waals surface area (Å²) in [7, 11) is 0. The van der Waals surface area contributed by atoms with Crippen molar-refractivity contribution in [2.75, 3.05) is 0 Å². The average Bonchev–Trinajstić information content (AvgIpc) is 4.03. The van der Waals surface area contributed by atoms with Gasteiger partial charge in [0.25, 0.3) is 0 Å². The third kappa shape index (κ3) is 5.86. The van der Waals surface area contributed by atoms with Gasteiger partial charge in [-0.25, -0.2) is 0 Å². The van der Waals surface area contributed by atoms with Gasteiger partial charge >= 0.3 is 0 Å². The third-order valence-electron chi connectivity index (χ3n) is 13.8. The Balaban J connectivity index is 0.900. The van der Waals surface area contributed by atoms with E-state index in [0.29, 0.717) is 23.2 Å². The van der Waals surface area contributed by atoms with Crippen LogP contribution in [0.4, 0.5) is 0 Å². The first-order valence-corrected chi connectivity index (χ1v) is 22.2. The average molecular weight is 816 g/mol. The standard InChI is InChI=1S/C44H42N14OS/c1-2-25-12-28(13-26(3-1)50-25)59-40-10-7-35(51-53-40)31-6-5-30(23-17-45-46-18-23)34-22-57(56-43(31)34)39-16-32(24-19-47-48-20-24)33-21-49-55-44(33)42(39)36-8-11-41(54-52-36)60-29-14-27-4-9-37-38(15-29)58(27)37/h5-8,10-11,16-22,25-29,37-38,50H,1-4,9,12-15H2,(H3,45,46,47,48,49,51,52,53,54,55,56)/p+1. The Morgan fingerprint density at radius 2 is 1.52 bits per heavy atom. The molecular weight excluding hydrogens is 773 g/mol. The minimum Gasteiger partial charge on any atom is -0.473 e. The Morgan fingerprint density at radius 3 is 2.28 bits per heavy atom. The molecule has 0 amide bonds. The van der Waals surface area contributed by atoms with Crippen LogP contribution >= 0.6 is 11.8 Å². The van der Waals surface area contributed by atoms with Crippen molar-refractivity contribution in [1.29, 1.82) is 0 Å². The lowest BCUT2D eigenvalue weighted by Crippen LogP contribution is -2.51. The SMILES string of the molecule is c1n[nH]cc1-c1ccc(-c2ccc(OC3CC4CCCC(C3)N4)nn2)c2[nH][n+](-c3cc(-c4cn[nH]c4)c4cn[nH]c4c3-c3ccc(SC4CC5CCC6C(C4)N56)nn3)cc12. The molecule has 8 aromatic rings. The second-order valence-corrected chi connectivity index (χ2v) is 18.6. The normalized spacial score (nSPS) is 26.7. The number of rotatable bonds is 9.